The fraction of sp³-hybridized carbons (Fsp3) is 0.462. The van der Waals surface area contributed by atoms with Crippen LogP contribution in [0.5, 0.6) is 0 Å². The number of hydrogen-bond donors (Lipinski definition) is 1. The van der Waals surface area contributed by atoms with E-state index < -0.39 is 0 Å². The van der Waals surface area contributed by atoms with Gasteiger partial charge in [-0.3, -0.25) is 4.79 Å². The van der Waals surface area contributed by atoms with Crippen LogP contribution in [0.4, 0.5) is 0 Å². The van der Waals surface area contributed by atoms with Crippen LogP contribution in [0.2, 0.25) is 0 Å². The Morgan fingerprint density at radius 3 is 2.94 bits per heavy atom. The molecule has 1 N–H and O–H groups in total. The molecular weight excluding hydrogens is 282 g/mol. The molecule has 1 aliphatic heterocycles. The third-order valence-corrected chi connectivity index (χ3v) is 3.91. The van der Waals surface area contributed by atoms with Crippen molar-refractivity contribution in [3.8, 4) is 0 Å². The molecule has 0 spiro atoms. The lowest BCUT2D eigenvalue weighted by molar-refractivity contribution is -0.120. The predicted molar refractivity (Wildman–Crippen MR) is 70.1 cm³/mol. The van der Waals surface area contributed by atoms with Gasteiger partial charge in [0.25, 0.3) is 0 Å². The minimum Gasteiger partial charge on any atom is -0.380 e. The summed E-state index contributed by atoms with van der Waals surface area (Å²) in [4.78, 5) is 12.1. The van der Waals surface area contributed by atoms with Crippen LogP contribution in [0.15, 0.2) is 28.7 Å². The number of nitrogens with one attached hydrogen (secondary N) is 1. The van der Waals surface area contributed by atoms with E-state index in [1.165, 1.54) is 0 Å². The predicted octanol–water partition coefficient (Wildman–Crippen LogP) is 1.94. The van der Waals surface area contributed by atoms with Gasteiger partial charge in [-0.25, -0.2) is 0 Å². The smallest absolute Gasteiger partial charge is 0.154 e. The highest BCUT2D eigenvalue weighted by molar-refractivity contribution is 9.10. The molecule has 4 heteroatoms. The average Bonchev–Trinajstić information content (AvgIpc) is 2.81. The normalized spacial score (nSPS) is 23.9. The Hall–Kier alpha value is -0.710. The molecule has 2 rings (SSSR count). The van der Waals surface area contributed by atoms with E-state index in [9.17, 15) is 4.79 Å². The van der Waals surface area contributed by atoms with Gasteiger partial charge in [0.15, 0.2) is 5.78 Å². The Morgan fingerprint density at radius 1 is 1.53 bits per heavy atom. The zero-order valence-corrected chi connectivity index (χ0v) is 11.4. The first-order valence-electron chi connectivity index (χ1n) is 5.73. The molecule has 0 saturated carbocycles. The van der Waals surface area contributed by atoms with E-state index >= 15 is 0 Å². The lowest BCUT2D eigenvalue weighted by atomic mass is 10.0. The van der Waals surface area contributed by atoms with Crippen molar-refractivity contribution < 1.29 is 9.53 Å². The number of Topliss-reactive ketones (excluding diaryl/α,β-unsaturated/α-hetero) is 1. The maximum absolute atomic E-state index is 12.1. The van der Waals surface area contributed by atoms with Gasteiger partial charge in [0.1, 0.15) is 0 Å². The molecule has 3 nitrogen and oxygen atoms in total. The summed E-state index contributed by atoms with van der Waals surface area (Å²) in [7, 11) is 1.69. The molecule has 1 aromatic carbocycles. The first kappa shape index (κ1) is 12.7. The summed E-state index contributed by atoms with van der Waals surface area (Å²) in [6, 6.07) is 7.78. The molecule has 92 valence electrons. The van der Waals surface area contributed by atoms with Crippen LogP contribution in [-0.2, 0) is 16.0 Å². The van der Waals surface area contributed by atoms with E-state index in [2.05, 4.69) is 21.2 Å². The fourth-order valence-electron chi connectivity index (χ4n) is 2.08. The van der Waals surface area contributed by atoms with Crippen molar-refractivity contribution in [1.82, 2.24) is 5.32 Å². The second-order valence-corrected chi connectivity index (χ2v) is 5.14. The van der Waals surface area contributed by atoms with Crippen LogP contribution in [-0.4, -0.2) is 31.6 Å². The maximum atomic E-state index is 12.1. The summed E-state index contributed by atoms with van der Waals surface area (Å²) >= 11 is 3.46. The number of ether oxygens (including phenoxy) is 1. The number of hydrogen-bond acceptors (Lipinski definition) is 3. The van der Waals surface area contributed by atoms with Crippen LogP contribution in [0.1, 0.15) is 12.0 Å². The van der Waals surface area contributed by atoms with Crippen molar-refractivity contribution in [2.45, 2.75) is 25.0 Å². The highest BCUT2D eigenvalue weighted by Crippen LogP contribution is 2.19. The van der Waals surface area contributed by atoms with Crippen molar-refractivity contribution in [2.24, 2.45) is 0 Å². The zero-order chi connectivity index (χ0) is 12.3. The lowest BCUT2D eigenvalue weighted by Gasteiger charge is -2.10. The summed E-state index contributed by atoms with van der Waals surface area (Å²) in [5, 5.41) is 3.21. The Balaban J connectivity index is 1.96. The monoisotopic (exact) mass is 297 g/mol. The van der Waals surface area contributed by atoms with Gasteiger partial charge in [0.05, 0.1) is 12.1 Å². The van der Waals surface area contributed by atoms with Crippen LogP contribution in [0.25, 0.3) is 0 Å². The number of carbonyl (C=O) groups excluding carboxylic acids is 1. The molecule has 1 saturated heterocycles. The zero-order valence-electron chi connectivity index (χ0n) is 9.78. The summed E-state index contributed by atoms with van der Waals surface area (Å²) in [6.07, 6.45) is 1.41. The molecule has 1 aliphatic rings. The number of methoxy groups -OCH3 is 1. The maximum Gasteiger partial charge on any atom is 0.154 e. The third-order valence-electron chi connectivity index (χ3n) is 3.14. The molecule has 0 aromatic heterocycles. The van der Waals surface area contributed by atoms with E-state index in [1.54, 1.807) is 7.11 Å². The molecule has 1 fully saturated rings. The van der Waals surface area contributed by atoms with Crippen LogP contribution in [0.3, 0.4) is 0 Å². The minimum absolute atomic E-state index is 0.0629. The molecule has 1 aromatic rings. The Morgan fingerprint density at radius 2 is 2.29 bits per heavy atom. The SMILES string of the molecule is COC1CNC(C(=O)Cc2ccccc2Br)C1. The lowest BCUT2D eigenvalue weighted by Crippen LogP contribution is -2.31. The Kier molecular flexibility index (Phi) is 4.31. The number of benzene rings is 1. The van der Waals surface area contributed by atoms with Crippen LogP contribution >= 0.6 is 15.9 Å². The average molecular weight is 298 g/mol. The van der Waals surface area contributed by atoms with E-state index in [-0.39, 0.29) is 17.9 Å². The van der Waals surface area contributed by atoms with E-state index in [4.69, 9.17) is 4.74 Å². The molecule has 2 atom stereocenters. The van der Waals surface area contributed by atoms with Crippen molar-refractivity contribution in [3.63, 3.8) is 0 Å². The Bertz CT molecular complexity index is 408. The second-order valence-electron chi connectivity index (χ2n) is 4.29. The van der Waals surface area contributed by atoms with Gasteiger partial charge in [-0.1, -0.05) is 34.1 Å². The largest absolute Gasteiger partial charge is 0.380 e. The number of halogens is 1. The van der Waals surface area contributed by atoms with Gasteiger partial charge in [-0.05, 0) is 18.1 Å². The van der Waals surface area contributed by atoms with Gasteiger partial charge >= 0.3 is 0 Å². The van der Waals surface area contributed by atoms with Crippen molar-refractivity contribution in [1.29, 1.82) is 0 Å². The first-order chi connectivity index (χ1) is 8.20. The molecule has 0 aliphatic carbocycles. The molecular formula is C13H16BrNO2. The number of ketones is 1. The minimum atomic E-state index is -0.0629. The van der Waals surface area contributed by atoms with E-state index in [1.807, 2.05) is 24.3 Å². The summed E-state index contributed by atoms with van der Waals surface area (Å²) in [5.41, 5.74) is 1.04. The molecule has 0 radical (unpaired) electrons. The summed E-state index contributed by atoms with van der Waals surface area (Å²) in [5.74, 6) is 0.233. The fourth-order valence-corrected chi connectivity index (χ4v) is 2.51. The van der Waals surface area contributed by atoms with E-state index in [0.29, 0.717) is 6.42 Å². The summed E-state index contributed by atoms with van der Waals surface area (Å²) < 4.78 is 6.24. The molecule has 1 heterocycles. The summed E-state index contributed by atoms with van der Waals surface area (Å²) in [6.45, 7) is 0.767. The first-order valence-corrected chi connectivity index (χ1v) is 6.52. The van der Waals surface area contributed by atoms with Gasteiger partial charge in [-0.2, -0.15) is 0 Å². The van der Waals surface area contributed by atoms with Gasteiger partial charge in [-0.15, -0.1) is 0 Å². The standard InChI is InChI=1S/C13H16BrNO2/c1-17-10-7-12(15-8-10)13(16)6-9-4-2-3-5-11(9)14/h2-5,10,12,15H,6-8H2,1H3. The van der Waals surface area contributed by atoms with Crippen molar-refractivity contribution in [3.05, 3.63) is 34.3 Å². The topological polar surface area (TPSA) is 38.3 Å². The quantitative estimate of drug-likeness (QED) is 0.923. The Labute approximate surface area is 110 Å². The van der Waals surface area contributed by atoms with Gasteiger partial charge < -0.3 is 10.1 Å². The third kappa shape index (κ3) is 3.15. The molecule has 2 unspecified atom stereocenters. The molecule has 17 heavy (non-hydrogen) atoms. The highest BCUT2D eigenvalue weighted by atomic mass is 79.9. The molecule has 0 amide bonds. The van der Waals surface area contributed by atoms with Crippen molar-refractivity contribution in [2.75, 3.05) is 13.7 Å². The van der Waals surface area contributed by atoms with Gasteiger partial charge in [0.2, 0.25) is 0 Å². The van der Waals surface area contributed by atoms with Crippen LogP contribution in [0, 0.1) is 0 Å². The van der Waals surface area contributed by atoms with E-state index in [0.717, 1.165) is 23.0 Å². The highest BCUT2D eigenvalue weighted by Gasteiger charge is 2.29. The number of rotatable bonds is 4. The van der Waals surface area contributed by atoms with Crippen LogP contribution < -0.4 is 5.32 Å². The van der Waals surface area contributed by atoms with Crippen molar-refractivity contribution >= 4 is 21.7 Å². The second kappa shape index (κ2) is 5.76. The van der Waals surface area contributed by atoms with Gasteiger partial charge in [0, 0.05) is 24.5 Å². The molecule has 0 bridgehead atoms. The number of carbonyl (C=O) groups is 1.